The largest absolute Gasteiger partial charge is 0.480 e. The summed E-state index contributed by atoms with van der Waals surface area (Å²) in [7, 11) is 3.74. The molecule has 2 heterocycles. The van der Waals surface area contributed by atoms with Crippen LogP contribution in [-0.4, -0.2) is 47.7 Å². The molecule has 1 aromatic heterocycles. The fourth-order valence-electron chi connectivity index (χ4n) is 2.63. The third kappa shape index (κ3) is 3.00. The molecule has 1 aromatic rings. The number of rotatable bonds is 4. The summed E-state index contributed by atoms with van der Waals surface area (Å²) >= 11 is 0. The van der Waals surface area contributed by atoms with Crippen molar-refractivity contribution in [3.05, 3.63) is 12.3 Å². The van der Waals surface area contributed by atoms with Crippen molar-refractivity contribution in [3.8, 4) is 0 Å². The van der Waals surface area contributed by atoms with Crippen LogP contribution in [0.2, 0.25) is 0 Å². The highest BCUT2D eigenvalue weighted by atomic mass is 16.4. The van der Waals surface area contributed by atoms with Crippen molar-refractivity contribution in [2.75, 3.05) is 30.4 Å². The van der Waals surface area contributed by atoms with Gasteiger partial charge in [-0.1, -0.05) is 13.3 Å². The highest BCUT2D eigenvalue weighted by Crippen LogP contribution is 2.29. The van der Waals surface area contributed by atoms with Gasteiger partial charge in [-0.05, 0) is 24.8 Å². The maximum absolute atomic E-state index is 11.5. The van der Waals surface area contributed by atoms with Gasteiger partial charge in [0.1, 0.15) is 11.9 Å². The fraction of sp³-hybridized carbons (Fsp3) is 0.643. The van der Waals surface area contributed by atoms with Crippen molar-refractivity contribution in [1.29, 1.82) is 0 Å². The molecule has 0 spiro atoms. The minimum atomic E-state index is -0.770. The van der Waals surface area contributed by atoms with E-state index in [1.54, 1.807) is 12.3 Å². The van der Waals surface area contributed by atoms with E-state index in [9.17, 15) is 9.90 Å². The van der Waals surface area contributed by atoms with E-state index in [4.69, 9.17) is 0 Å². The predicted molar refractivity (Wildman–Crippen MR) is 78.1 cm³/mol. The summed E-state index contributed by atoms with van der Waals surface area (Å²) in [5, 5.41) is 9.47. The van der Waals surface area contributed by atoms with E-state index in [2.05, 4.69) is 16.9 Å². The Bertz CT molecular complexity index is 478. The quantitative estimate of drug-likeness (QED) is 0.902. The first-order chi connectivity index (χ1) is 9.52. The van der Waals surface area contributed by atoms with Crippen LogP contribution >= 0.6 is 0 Å². The Morgan fingerprint density at radius 1 is 1.55 bits per heavy atom. The maximum atomic E-state index is 11.5. The molecule has 2 atom stereocenters. The third-order valence-corrected chi connectivity index (χ3v) is 3.90. The van der Waals surface area contributed by atoms with Gasteiger partial charge in [0.2, 0.25) is 5.95 Å². The third-order valence-electron chi connectivity index (χ3n) is 3.90. The molecule has 0 aromatic carbocycles. The van der Waals surface area contributed by atoms with Gasteiger partial charge in [-0.25, -0.2) is 9.78 Å². The summed E-state index contributed by atoms with van der Waals surface area (Å²) in [5.41, 5.74) is 0. The van der Waals surface area contributed by atoms with Crippen LogP contribution in [0.3, 0.4) is 0 Å². The molecule has 6 heteroatoms. The van der Waals surface area contributed by atoms with E-state index in [0.717, 1.165) is 19.4 Å². The van der Waals surface area contributed by atoms with Gasteiger partial charge in [-0.3, -0.25) is 0 Å². The molecule has 1 aliphatic rings. The lowest BCUT2D eigenvalue weighted by Gasteiger charge is -2.37. The number of carbonyl (C=O) groups is 1. The van der Waals surface area contributed by atoms with Crippen molar-refractivity contribution < 1.29 is 9.90 Å². The van der Waals surface area contributed by atoms with Crippen molar-refractivity contribution >= 4 is 17.7 Å². The molecule has 20 heavy (non-hydrogen) atoms. The van der Waals surface area contributed by atoms with Crippen LogP contribution in [0.25, 0.3) is 0 Å². The fourth-order valence-corrected chi connectivity index (χ4v) is 2.63. The highest BCUT2D eigenvalue weighted by molar-refractivity contribution is 5.78. The molecule has 0 amide bonds. The van der Waals surface area contributed by atoms with Crippen LogP contribution in [0.5, 0.6) is 0 Å². The van der Waals surface area contributed by atoms with E-state index < -0.39 is 12.0 Å². The molecule has 1 N–H and O–H groups in total. The number of hydrogen-bond donors (Lipinski definition) is 1. The number of aliphatic carboxylic acids is 1. The number of hydrogen-bond acceptors (Lipinski definition) is 5. The molecule has 1 aliphatic heterocycles. The molecule has 0 radical (unpaired) electrons. The SMILES string of the molecule is CCC1CCN(c2ccnc(N(C)C)n2)C(C(=O)O)C1. The van der Waals surface area contributed by atoms with Crippen LogP contribution in [0.15, 0.2) is 12.3 Å². The van der Waals surface area contributed by atoms with Gasteiger partial charge in [0.15, 0.2) is 0 Å². The van der Waals surface area contributed by atoms with Crippen LogP contribution in [0, 0.1) is 5.92 Å². The average Bonchev–Trinajstić information content (AvgIpc) is 2.46. The monoisotopic (exact) mass is 278 g/mol. The van der Waals surface area contributed by atoms with E-state index in [0.29, 0.717) is 24.1 Å². The van der Waals surface area contributed by atoms with Crippen LogP contribution < -0.4 is 9.80 Å². The second-order valence-corrected chi connectivity index (χ2v) is 5.46. The topological polar surface area (TPSA) is 69.6 Å². The molecule has 1 saturated heterocycles. The van der Waals surface area contributed by atoms with Gasteiger partial charge in [-0.15, -0.1) is 0 Å². The lowest BCUT2D eigenvalue weighted by molar-refractivity contribution is -0.139. The number of carboxylic acids is 1. The molecule has 2 rings (SSSR count). The molecule has 110 valence electrons. The minimum absolute atomic E-state index is 0.487. The van der Waals surface area contributed by atoms with Crippen LogP contribution in [-0.2, 0) is 4.79 Å². The second kappa shape index (κ2) is 6.07. The Balaban J connectivity index is 2.25. The Kier molecular flexibility index (Phi) is 4.42. The van der Waals surface area contributed by atoms with Gasteiger partial charge < -0.3 is 14.9 Å². The van der Waals surface area contributed by atoms with Crippen LogP contribution in [0.4, 0.5) is 11.8 Å². The first-order valence-electron chi connectivity index (χ1n) is 7.02. The Hall–Kier alpha value is -1.85. The lowest BCUT2D eigenvalue weighted by atomic mass is 9.89. The summed E-state index contributed by atoms with van der Waals surface area (Å²) in [6, 6.07) is 1.30. The molecule has 0 aliphatic carbocycles. The van der Waals surface area contributed by atoms with E-state index in [1.165, 1.54) is 0 Å². The lowest BCUT2D eigenvalue weighted by Crippen LogP contribution is -2.47. The number of piperidine rings is 1. The Morgan fingerprint density at radius 2 is 2.30 bits per heavy atom. The summed E-state index contributed by atoms with van der Waals surface area (Å²) in [6.45, 7) is 2.85. The van der Waals surface area contributed by atoms with Gasteiger partial charge in [-0.2, -0.15) is 4.98 Å². The molecule has 1 fully saturated rings. The first-order valence-corrected chi connectivity index (χ1v) is 7.02. The van der Waals surface area contributed by atoms with E-state index in [1.807, 2.05) is 23.9 Å². The van der Waals surface area contributed by atoms with Crippen molar-refractivity contribution in [1.82, 2.24) is 9.97 Å². The summed E-state index contributed by atoms with van der Waals surface area (Å²) < 4.78 is 0. The smallest absolute Gasteiger partial charge is 0.326 e. The van der Waals surface area contributed by atoms with E-state index >= 15 is 0 Å². The van der Waals surface area contributed by atoms with E-state index in [-0.39, 0.29) is 0 Å². The standard InChI is InChI=1S/C14H22N4O2/c1-4-10-6-8-18(11(9-10)13(19)20)12-5-7-15-14(16-12)17(2)3/h5,7,10-11H,4,6,8-9H2,1-3H3,(H,19,20). The number of aromatic nitrogens is 2. The van der Waals surface area contributed by atoms with Gasteiger partial charge in [0.25, 0.3) is 0 Å². The number of anilines is 2. The molecule has 6 nitrogen and oxygen atoms in total. The molecule has 0 bridgehead atoms. The Labute approximate surface area is 119 Å². The molecular formula is C14H22N4O2. The highest BCUT2D eigenvalue weighted by Gasteiger charge is 2.33. The zero-order valence-electron chi connectivity index (χ0n) is 12.3. The van der Waals surface area contributed by atoms with Gasteiger partial charge in [0, 0.05) is 26.8 Å². The summed E-state index contributed by atoms with van der Waals surface area (Å²) in [4.78, 5) is 23.9. The van der Waals surface area contributed by atoms with Crippen molar-refractivity contribution in [2.24, 2.45) is 5.92 Å². The summed E-state index contributed by atoms with van der Waals surface area (Å²) in [6.07, 6.45) is 4.42. The van der Waals surface area contributed by atoms with Crippen LogP contribution in [0.1, 0.15) is 26.2 Å². The van der Waals surface area contributed by atoms with Crippen molar-refractivity contribution in [2.45, 2.75) is 32.2 Å². The maximum Gasteiger partial charge on any atom is 0.326 e. The van der Waals surface area contributed by atoms with Gasteiger partial charge in [0.05, 0.1) is 0 Å². The molecule has 0 saturated carbocycles. The number of carboxylic acid groups (broad SMARTS) is 1. The second-order valence-electron chi connectivity index (χ2n) is 5.46. The molecular weight excluding hydrogens is 256 g/mol. The van der Waals surface area contributed by atoms with Crippen molar-refractivity contribution in [3.63, 3.8) is 0 Å². The first kappa shape index (κ1) is 14.6. The zero-order valence-corrected chi connectivity index (χ0v) is 12.3. The normalized spacial score (nSPS) is 22.6. The minimum Gasteiger partial charge on any atom is -0.480 e. The zero-order chi connectivity index (χ0) is 14.7. The summed E-state index contributed by atoms with van der Waals surface area (Å²) in [5.74, 6) is 1.02. The number of nitrogens with zero attached hydrogens (tertiary/aromatic N) is 4. The molecule has 2 unspecified atom stereocenters. The average molecular weight is 278 g/mol. The Morgan fingerprint density at radius 3 is 2.90 bits per heavy atom. The van der Waals surface area contributed by atoms with Gasteiger partial charge >= 0.3 is 5.97 Å². The predicted octanol–water partition coefficient (Wildman–Crippen LogP) is 1.62.